The van der Waals surface area contributed by atoms with Crippen molar-refractivity contribution in [2.24, 2.45) is 0 Å². The van der Waals surface area contributed by atoms with Gasteiger partial charge in [0.2, 0.25) is 0 Å². The predicted octanol–water partition coefficient (Wildman–Crippen LogP) is 9.78. The molecule has 4 aromatic rings. The molecule has 0 amide bonds. The summed E-state index contributed by atoms with van der Waals surface area (Å²) < 4.78 is 6.54. The lowest BCUT2D eigenvalue weighted by Crippen LogP contribution is -1.97. The summed E-state index contributed by atoms with van der Waals surface area (Å²) in [4.78, 5) is 0. The third-order valence-corrected chi connectivity index (χ3v) is 7.23. The third kappa shape index (κ3) is 8.66. The molecule has 0 saturated carbocycles. The standard InChI is InChI=1S/C34H36Cl2O/c35-23-7-5-9-27-15-19-29(20-16-27)25-31-11-1-3-13-33(31)37-34-14-4-2-12-32(34)26-30-21-17-28(18-22-30)10-6-8-24-36/h1-4,11-22H,5-10,23-26H2. The zero-order valence-electron chi connectivity index (χ0n) is 21.5. The van der Waals surface area contributed by atoms with E-state index in [1.54, 1.807) is 0 Å². The maximum Gasteiger partial charge on any atom is 0.130 e. The Morgan fingerprint density at radius 2 is 0.811 bits per heavy atom. The first kappa shape index (κ1) is 27.3. The van der Waals surface area contributed by atoms with E-state index < -0.39 is 0 Å². The van der Waals surface area contributed by atoms with Crippen molar-refractivity contribution < 1.29 is 4.74 Å². The van der Waals surface area contributed by atoms with Gasteiger partial charge >= 0.3 is 0 Å². The zero-order chi connectivity index (χ0) is 25.7. The second-order valence-corrected chi connectivity index (χ2v) is 10.4. The molecule has 1 nitrogen and oxygen atoms in total. The Morgan fingerprint density at radius 3 is 1.22 bits per heavy atom. The smallest absolute Gasteiger partial charge is 0.130 e. The van der Waals surface area contributed by atoms with Crippen molar-refractivity contribution in [2.45, 2.75) is 51.4 Å². The van der Waals surface area contributed by atoms with E-state index in [9.17, 15) is 0 Å². The molecule has 0 saturated heterocycles. The van der Waals surface area contributed by atoms with Crippen LogP contribution in [0.5, 0.6) is 11.5 Å². The lowest BCUT2D eigenvalue weighted by molar-refractivity contribution is 0.472. The average molecular weight is 532 g/mol. The molecule has 3 heteroatoms. The van der Waals surface area contributed by atoms with Crippen LogP contribution in [0.15, 0.2) is 97.1 Å². The van der Waals surface area contributed by atoms with Gasteiger partial charge in [-0.25, -0.2) is 0 Å². The molecule has 4 rings (SSSR count). The largest absolute Gasteiger partial charge is 0.457 e. The SMILES string of the molecule is ClCCCCc1ccc(Cc2ccccc2Oc2ccccc2Cc2ccc(CCCCCl)cc2)cc1. The first-order chi connectivity index (χ1) is 18.2. The van der Waals surface area contributed by atoms with E-state index in [0.717, 1.165) is 74.6 Å². The summed E-state index contributed by atoms with van der Waals surface area (Å²) in [6.07, 6.45) is 8.25. The molecule has 0 heterocycles. The minimum absolute atomic E-state index is 0.736. The van der Waals surface area contributed by atoms with Crippen molar-refractivity contribution in [3.8, 4) is 11.5 Å². The van der Waals surface area contributed by atoms with Crippen LogP contribution in [0, 0.1) is 0 Å². The van der Waals surface area contributed by atoms with E-state index in [1.165, 1.54) is 33.4 Å². The highest BCUT2D eigenvalue weighted by molar-refractivity contribution is 6.18. The first-order valence-electron chi connectivity index (χ1n) is 13.4. The Bertz CT molecular complexity index is 1120. The number of alkyl halides is 2. The Kier molecular flexibility index (Phi) is 11.0. The van der Waals surface area contributed by atoms with Gasteiger partial charge in [-0.05, 0) is 84.0 Å². The minimum atomic E-state index is 0.736. The first-order valence-corrected chi connectivity index (χ1v) is 14.4. The van der Waals surface area contributed by atoms with E-state index in [-0.39, 0.29) is 0 Å². The summed E-state index contributed by atoms with van der Waals surface area (Å²) in [7, 11) is 0. The molecule has 4 aromatic carbocycles. The molecular weight excluding hydrogens is 495 g/mol. The second kappa shape index (κ2) is 14.9. The molecule has 192 valence electrons. The normalized spacial score (nSPS) is 11.0. The van der Waals surface area contributed by atoms with Crippen molar-refractivity contribution in [1.82, 2.24) is 0 Å². The van der Waals surface area contributed by atoms with Crippen LogP contribution in [0.1, 0.15) is 59.1 Å². The third-order valence-electron chi connectivity index (χ3n) is 6.70. The van der Waals surface area contributed by atoms with Crippen LogP contribution >= 0.6 is 23.2 Å². The van der Waals surface area contributed by atoms with E-state index in [2.05, 4.69) is 84.9 Å². The Morgan fingerprint density at radius 1 is 0.432 bits per heavy atom. The fourth-order valence-electron chi connectivity index (χ4n) is 4.55. The number of rotatable bonds is 14. The molecule has 0 unspecified atom stereocenters. The minimum Gasteiger partial charge on any atom is -0.457 e. The summed E-state index contributed by atoms with van der Waals surface area (Å²) >= 11 is 11.6. The molecule has 37 heavy (non-hydrogen) atoms. The molecule has 0 bridgehead atoms. The van der Waals surface area contributed by atoms with Crippen LogP contribution < -0.4 is 4.74 Å². The van der Waals surface area contributed by atoms with Gasteiger partial charge in [-0.1, -0.05) is 84.9 Å². The highest BCUT2D eigenvalue weighted by Crippen LogP contribution is 2.31. The maximum atomic E-state index is 6.54. The van der Waals surface area contributed by atoms with Crippen LogP contribution in [0.4, 0.5) is 0 Å². The summed E-state index contributed by atoms with van der Waals surface area (Å²) in [6, 6.07) is 34.6. The summed E-state index contributed by atoms with van der Waals surface area (Å²) in [6.45, 7) is 0. The predicted molar refractivity (Wildman–Crippen MR) is 159 cm³/mol. The van der Waals surface area contributed by atoms with Crippen molar-refractivity contribution in [3.05, 3.63) is 130 Å². The topological polar surface area (TPSA) is 9.23 Å². The molecule has 0 aromatic heterocycles. The number of halogens is 2. The molecule has 0 atom stereocenters. The van der Waals surface area contributed by atoms with Crippen molar-refractivity contribution >= 4 is 23.2 Å². The molecule has 0 N–H and O–H groups in total. The maximum absolute atomic E-state index is 6.54. The average Bonchev–Trinajstić information content (AvgIpc) is 2.93. The molecule has 0 fully saturated rings. The van der Waals surface area contributed by atoms with Gasteiger partial charge in [-0.3, -0.25) is 0 Å². The van der Waals surface area contributed by atoms with Gasteiger partial charge in [-0.15, -0.1) is 23.2 Å². The van der Waals surface area contributed by atoms with Crippen LogP contribution in [0.2, 0.25) is 0 Å². The van der Waals surface area contributed by atoms with E-state index in [4.69, 9.17) is 27.9 Å². The Labute approximate surface area is 232 Å². The van der Waals surface area contributed by atoms with Crippen LogP contribution in [-0.4, -0.2) is 11.8 Å². The number of benzene rings is 4. The molecular formula is C34H36Cl2O. The lowest BCUT2D eigenvalue weighted by atomic mass is 10.0. The van der Waals surface area contributed by atoms with E-state index >= 15 is 0 Å². The Balaban J connectivity index is 1.43. The van der Waals surface area contributed by atoms with Gasteiger partial charge in [0.1, 0.15) is 11.5 Å². The fourth-order valence-corrected chi connectivity index (χ4v) is 4.93. The number of ether oxygens (including phenoxy) is 1. The van der Waals surface area contributed by atoms with Gasteiger partial charge in [-0.2, -0.15) is 0 Å². The number of aryl methyl sites for hydroxylation is 2. The summed E-state index contributed by atoms with van der Waals surface area (Å²) in [5.74, 6) is 3.30. The molecule has 0 spiro atoms. The quantitative estimate of drug-likeness (QED) is 0.116. The van der Waals surface area contributed by atoms with E-state index in [0.29, 0.717) is 0 Å². The van der Waals surface area contributed by atoms with Gasteiger partial charge in [0.05, 0.1) is 0 Å². The molecule has 0 aliphatic carbocycles. The van der Waals surface area contributed by atoms with Crippen LogP contribution in [0.3, 0.4) is 0 Å². The Hall–Kier alpha value is -2.74. The number of para-hydroxylation sites is 2. The monoisotopic (exact) mass is 530 g/mol. The van der Waals surface area contributed by atoms with Crippen molar-refractivity contribution in [2.75, 3.05) is 11.8 Å². The summed E-state index contributed by atoms with van der Waals surface area (Å²) in [5.41, 5.74) is 7.70. The highest BCUT2D eigenvalue weighted by atomic mass is 35.5. The van der Waals surface area contributed by atoms with Crippen molar-refractivity contribution in [1.29, 1.82) is 0 Å². The van der Waals surface area contributed by atoms with Crippen molar-refractivity contribution in [3.63, 3.8) is 0 Å². The van der Waals surface area contributed by atoms with E-state index in [1.807, 2.05) is 12.1 Å². The second-order valence-electron chi connectivity index (χ2n) is 9.60. The van der Waals surface area contributed by atoms with Gasteiger partial charge in [0.25, 0.3) is 0 Å². The molecule has 0 aliphatic rings. The van der Waals surface area contributed by atoms with Gasteiger partial charge in [0, 0.05) is 24.6 Å². The lowest BCUT2D eigenvalue weighted by Gasteiger charge is -2.15. The zero-order valence-corrected chi connectivity index (χ0v) is 23.0. The number of hydrogen-bond donors (Lipinski definition) is 0. The number of hydrogen-bond acceptors (Lipinski definition) is 1. The highest BCUT2D eigenvalue weighted by Gasteiger charge is 2.10. The van der Waals surface area contributed by atoms with Gasteiger partial charge in [0.15, 0.2) is 0 Å². The van der Waals surface area contributed by atoms with Gasteiger partial charge < -0.3 is 4.74 Å². The van der Waals surface area contributed by atoms with Crippen LogP contribution in [0.25, 0.3) is 0 Å². The van der Waals surface area contributed by atoms with Crippen LogP contribution in [-0.2, 0) is 25.7 Å². The summed E-state index contributed by atoms with van der Waals surface area (Å²) in [5, 5.41) is 0. The number of unbranched alkanes of at least 4 members (excludes halogenated alkanes) is 2. The fraction of sp³-hybridized carbons (Fsp3) is 0.294. The molecule has 0 aliphatic heterocycles. The molecule has 0 radical (unpaired) electrons.